The first-order chi connectivity index (χ1) is 11.4. The van der Waals surface area contributed by atoms with Gasteiger partial charge in [0.2, 0.25) is 10.0 Å². The van der Waals surface area contributed by atoms with Crippen LogP contribution < -0.4 is 4.72 Å². The first kappa shape index (κ1) is 16.5. The molecule has 1 N–H and O–H groups in total. The number of hydrogen-bond donors (Lipinski definition) is 1. The number of rotatable bonds is 5. The predicted molar refractivity (Wildman–Crippen MR) is 95.3 cm³/mol. The van der Waals surface area contributed by atoms with Crippen LogP contribution in [0.15, 0.2) is 36.4 Å². The van der Waals surface area contributed by atoms with Crippen molar-refractivity contribution in [2.75, 3.05) is 4.72 Å². The molecule has 0 aliphatic heterocycles. The molecule has 0 saturated heterocycles. The van der Waals surface area contributed by atoms with Crippen LogP contribution in [-0.2, 0) is 15.8 Å². The van der Waals surface area contributed by atoms with Crippen molar-refractivity contribution in [1.29, 1.82) is 5.26 Å². The molecular formula is C19H20N2O2S. The summed E-state index contributed by atoms with van der Waals surface area (Å²) in [5.74, 6) is 0.324. The smallest absolute Gasteiger partial charge is 0.236 e. The standard InChI is InChI=1S/C19H20N2O2S/c1-13-3-5-15(6-4-13)12-24(22,23)21-17-9-14(2)19(11-20)18(10-17)16-7-8-16/h3-6,9-10,16,21H,7-8,12H2,1-2H3. The maximum Gasteiger partial charge on any atom is 0.236 e. The van der Waals surface area contributed by atoms with Crippen LogP contribution in [0.4, 0.5) is 5.69 Å². The Balaban J connectivity index is 1.84. The molecule has 4 nitrogen and oxygen atoms in total. The van der Waals surface area contributed by atoms with Crippen molar-refractivity contribution >= 4 is 15.7 Å². The summed E-state index contributed by atoms with van der Waals surface area (Å²) >= 11 is 0. The highest BCUT2D eigenvalue weighted by Gasteiger charge is 2.27. The molecule has 0 spiro atoms. The third-order valence-electron chi connectivity index (χ3n) is 4.25. The van der Waals surface area contributed by atoms with Gasteiger partial charge in [0.15, 0.2) is 0 Å². The fraction of sp³-hybridized carbons (Fsp3) is 0.316. The van der Waals surface area contributed by atoms with E-state index in [9.17, 15) is 13.7 Å². The molecule has 124 valence electrons. The zero-order chi connectivity index (χ0) is 17.3. The Labute approximate surface area is 143 Å². The van der Waals surface area contributed by atoms with Gasteiger partial charge in [-0.25, -0.2) is 8.42 Å². The lowest BCUT2D eigenvalue weighted by Crippen LogP contribution is -2.15. The molecule has 5 heteroatoms. The van der Waals surface area contributed by atoms with Crippen molar-refractivity contribution in [3.63, 3.8) is 0 Å². The summed E-state index contributed by atoms with van der Waals surface area (Å²) in [6.45, 7) is 3.82. The third kappa shape index (κ3) is 3.77. The van der Waals surface area contributed by atoms with Crippen LogP contribution in [0.25, 0.3) is 0 Å². The SMILES string of the molecule is Cc1ccc(CS(=O)(=O)Nc2cc(C)c(C#N)c(C3CC3)c2)cc1. The second-order valence-electron chi connectivity index (χ2n) is 6.49. The highest BCUT2D eigenvalue weighted by molar-refractivity contribution is 7.91. The van der Waals surface area contributed by atoms with Gasteiger partial charge in [0.25, 0.3) is 0 Å². The van der Waals surface area contributed by atoms with Crippen LogP contribution in [0.5, 0.6) is 0 Å². The van der Waals surface area contributed by atoms with Crippen LogP contribution in [0.1, 0.15) is 46.6 Å². The zero-order valence-corrected chi connectivity index (χ0v) is 14.7. The molecule has 2 aromatic carbocycles. The Bertz CT molecular complexity index is 906. The monoisotopic (exact) mass is 340 g/mol. The Hall–Kier alpha value is -2.32. The highest BCUT2D eigenvalue weighted by Crippen LogP contribution is 2.43. The molecule has 1 aliphatic rings. The first-order valence-corrected chi connectivity index (χ1v) is 9.64. The van der Waals surface area contributed by atoms with Crippen LogP contribution in [-0.4, -0.2) is 8.42 Å². The summed E-state index contributed by atoms with van der Waals surface area (Å²) in [6, 6.07) is 13.3. The van der Waals surface area contributed by atoms with Gasteiger partial charge in [0.1, 0.15) is 0 Å². The van der Waals surface area contributed by atoms with E-state index in [4.69, 9.17) is 0 Å². The second kappa shape index (κ2) is 6.29. The highest BCUT2D eigenvalue weighted by atomic mass is 32.2. The van der Waals surface area contributed by atoms with Crippen LogP contribution >= 0.6 is 0 Å². The summed E-state index contributed by atoms with van der Waals surface area (Å²) in [5.41, 5.74) is 4.85. The summed E-state index contributed by atoms with van der Waals surface area (Å²) in [7, 11) is -3.49. The van der Waals surface area contributed by atoms with Gasteiger partial charge in [-0.15, -0.1) is 0 Å². The molecular weight excluding hydrogens is 320 g/mol. The molecule has 1 saturated carbocycles. The molecule has 0 amide bonds. The summed E-state index contributed by atoms with van der Waals surface area (Å²) < 4.78 is 27.5. The van der Waals surface area contributed by atoms with Gasteiger partial charge in [-0.2, -0.15) is 5.26 Å². The van der Waals surface area contributed by atoms with Crippen molar-refractivity contribution in [2.24, 2.45) is 0 Å². The Morgan fingerprint density at radius 3 is 2.42 bits per heavy atom. The second-order valence-corrected chi connectivity index (χ2v) is 8.21. The number of nitrogens with zero attached hydrogens (tertiary/aromatic N) is 1. The molecule has 3 rings (SSSR count). The summed E-state index contributed by atoms with van der Waals surface area (Å²) in [6.07, 6.45) is 2.13. The van der Waals surface area contributed by atoms with Crippen LogP contribution in [0.3, 0.4) is 0 Å². The number of aryl methyl sites for hydroxylation is 2. The van der Waals surface area contributed by atoms with E-state index >= 15 is 0 Å². The maximum absolute atomic E-state index is 12.4. The van der Waals surface area contributed by atoms with Crippen molar-refractivity contribution in [3.05, 3.63) is 64.2 Å². The molecule has 0 bridgehead atoms. The molecule has 1 fully saturated rings. The average molecular weight is 340 g/mol. The molecule has 1 aliphatic carbocycles. The minimum atomic E-state index is -3.49. The van der Waals surface area contributed by atoms with Crippen molar-refractivity contribution in [3.8, 4) is 6.07 Å². The molecule has 0 aromatic heterocycles. The quantitative estimate of drug-likeness (QED) is 0.894. The average Bonchev–Trinajstić information content (AvgIpc) is 3.33. The van der Waals surface area contributed by atoms with Gasteiger partial charge in [-0.05, 0) is 61.4 Å². The lowest BCUT2D eigenvalue weighted by atomic mass is 9.98. The van der Waals surface area contributed by atoms with Gasteiger partial charge in [0, 0.05) is 5.69 Å². The summed E-state index contributed by atoms with van der Waals surface area (Å²) in [4.78, 5) is 0. The van der Waals surface area contributed by atoms with Gasteiger partial charge >= 0.3 is 0 Å². The van der Waals surface area contributed by atoms with E-state index in [-0.39, 0.29) is 5.75 Å². The fourth-order valence-corrected chi connectivity index (χ4v) is 4.04. The minimum Gasteiger partial charge on any atom is -0.283 e. The van der Waals surface area contributed by atoms with E-state index in [1.54, 1.807) is 6.07 Å². The predicted octanol–water partition coefficient (Wildman–Crippen LogP) is 3.99. The number of hydrogen-bond acceptors (Lipinski definition) is 3. The number of nitriles is 1. The normalized spacial score (nSPS) is 14.2. The minimum absolute atomic E-state index is 0.0644. The lowest BCUT2D eigenvalue weighted by molar-refractivity contribution is 0.600. The molecule has 0 radical (unpaired) electrons. The van der Waals surface area contributed by atoms with E-state index in [1.165, 1.54) is 0 Å². The molecule has 0 atom stereocenters. The van der Waals surface area contributed by atoms with E-state index < -0.39 is 10.0 Å². The topological polar surface area (TPSA) is 70.0 Å². The van der Waals surface area contributed by atoms with Crippen molar-refractivity contribution < 1.29 is 8.42 Å². The Morgan fingerprint density at radius 1 is 1.17 bits per heavy atom. The van der Waals surface area contributed by atoms with Gasteiger partial charge < -0.3 is 0 Å². The van der Waals surface area contributed by atoms with E-state index in [1.807, 2.05) is 44.2 Å². The number of nitrogens with one attached hydrogen (secondary N) is 1. The van der Waals surface area contributed by atoms with Gasteiger partial charge in [-0.1, -0.05) is 29.8 Å². The van der Waals surface area contributed by atoms with E-state index in [0.29, 0.717) is 17.2 Å². The van der Waals surface area contributed by atoms with Gasteiger partial charge in [-0.3, -0.25) is 4.72 Å². The maximum atomic E-state index is 12.4. The fourth-order valence-electron chi connectivity index (χ4n) is 2.86. The third-order valence-corrected chi connectivity index (χ3v) is 5.51. The van der Waals surface area contributed by atoms with Crippen LogP contribution in [0, 0.1) is 25.2 Å². The van der Waals surface area contributed by atoms with E-state index in [0.717, 1.165) is 35.1 Å². The van der Waals surface area contributed by atoms with E-state index in [2.05, 4.69) is 10.8 Å². The Morgan fingerprint density at radius 2 is 1.83 bits per heavy atom. The molecule has 2 aromatic rings. The number of benzene rings is 2. The molecule has 24 heavy (non-hydrogen) atoms. The number of sulfonamides is 1. The van der Waals surface area contributed by atoms with Crippen molar-refractivity contribution in [2.45, 2.75) is 38.4 Å². The van der Waals surface area contributed by atoms with Crippen LogP contribution in [0.2, 0.25) is 0 Å². The largest absolute Gasteiger partial charge is 0.283 e. The summed E-state index contributed by atoms with van der Waals surface area (Å²) in [5, 5.41) is 9.33. The zero-order valence-electron chi connectivity index (χ0n) is 13.8. The number of anilines is 1. The van der Waals surface area contributed by atoms with Crippen molar-refractivity contribution in [1.82, 2.24) is 0 Å². The van der Waals surface area contributed by atoms with Gasteiger partial charge in [0.05, 0.1) is 17.4 Å². The Kier molecular flexibility index (Phi) is 4.33. The molecule has 0 heterocycles. The molecule has 0 unspecified atom stereocenters. The first-order valence-electron chi connectivity index (χ1n) is 7.98. The lowest BCUT2D eigenvalue weighted by Gasteiger charge is -2.13.